The van der Waals surface area contributed by atoms with E-state index in [0.717, 1.165) is 22.4 Å². The molecule has 34 heavy (non-hydrogen) atoms. The van der Waals surface area contributed by atoms with Gasteiger partial charge in [-0.2, -0.15) is 5.26 Å². The van der Waals surface area contributed by atoms with E-state index < -0.39 is 6.10 Å². The molecular formula is C28H23ClN2O2S. The summed E-state index contributed by atoms with van der Waals surface area (Å²) in [5.74, 6) is 0.970. The zero-order chi connectivity index (χ0) is 23.9. The number of hydrogen-bond acceptors (Lipinski definition) is 5. The summed E-state index contributed by atoms with van der Waals surface area (Å²) in [6, 6.07) is 29.3. The van der Waals surface area contributed by atoms with Crippen LogP contribution >= 0.6 is 23.4 Å². The van der Waals surface area contributed by atoms with Crippen molar-refractivity contribution in [2.75, 3.05) is 12.4 Å². The molecule has 1 N–H and O–H groups in total. The number of aromatic nitrogens is 1. The highest BCUT2D eigenvalue weighted by Gasteiger charge is 2.17. The number of halogens is 1. The fraction of sp³-hybridized carbons (Fsp3) is 0.143. The number of aliphatic hydroxyl groups excluding tert-OH is 1. The van der Waals surface area contributed by atoms with Crippen molar-refractivity contribution in [1.82, 2.24) is 4.98 Å². The smallest absolute Gasteiger partial charge is 0.119 e. The number of nitriles is 1. The zero-order valence-corrected chi connectivity index (χ0v) is 20.2. The topological polar surface area (TPSA) is 66.1 Å². The van der Waals surface area contributed by atoms with Crippen molar-refractivity contribution in [2.45, 2.75) is 18.1 Å². The van der Waals surface area contributed by atoms with Crippen LogP contribution < -0.4 is 4.74 Å². The summed E-state index contributed by atoms with van der Waals surface area (Å²) in [6.07, 6.45) is -0.739. The predicted octanol–water partition coefficient (Wildman–Crippen LogP) is 6.78. The van der Waals surface area contributed by atoms with Gasteiger partial charge in [0.2, 0.25) is 0 Å². The first-order valence-electron chi connectivity index (χ1n) is 10.8. The molecule has 0 saturated carbocycles. The molecule has 0 amide bonds. The average Bonchev–Trinajstić information content (AvgIpc) is 2.87. The van der Waals surface area contributed by atoms with Gasteiger partial charge in [0.15, 0.2) is 0 Å². The Labute approximate surface area is 208 Å². The number of aliphatic hydroxyl groups is 1. The normalized spacial score (nSPS) is 11.6. The van der Waals surface area contributed by atoms with E-state index in [9.17, 15) is 10.4 Å². The van der Waals surface area contributed by atoms with Crippen molar-refractivity contribution in [2.24, 2.45) is 0 Å². The van der Waals surface area contributed by atoms with Crippen LogP contribution in [-0.2, 0) is 0 Å². The summed E-state index contributed by atoms with van der Waals surface area (Å²) in [5, 5.41) is 21.7. The van der Waals surface area contributed by atoms with Gasteiger partial charge in [-0.3, -0.25) is 0 Å². The van der Waals surface area contributed by atoms with E-state index in [2.05, 4.69) is 6.07 Å². The molecule has 0 saturated heterocycles. The highest BCUT2D eigenvalue weighted by Crippen LogP contribution is 2.34. The Morgan fingerprint density at radius 1 is 1.00 bits per heavy atom. The second kappa shape index (κ2) is 11.2. The Morgan fingerprint density at radius 3 is 2.38 bits per heavy atom. The van der Waals surface area contributed by atoms with Gasteiger partial charge in [0.05, 0.1) is 17.4 Å². The van der Waals surface area contributed by atoms with Crippen molar-refractivity contribution in [3.8, 4) is 34.2 Å². The summed E-state index contributed by atoms with van der Waals surface area (Å²) >= 11 is 7.25. The number of pyridine rings is 1. The van der Waals surface area contributed by atoms with Gasteiger partial charge in [-0.25, -0.2) is 4.98 Å². The van der Waals surface area contributed by atoms with Crippen LogP contribution in [0.3, 0.4) is 0 Å². The molecule has 4 rings (SSSR count). The third-order valence-electron chi connectivity index (χ3n) is 5.20. The Kier molecular flexibility index (Phi) is 7.87. The SMILES string of the molecule is Cc1ccc(-c2cc(-c3ccccc3)c(C#N)c(SCC(O)COc3ccc(Cl)cc3)n2)cc1. The van der Waals surface area contributed by atoms with Crippen LogP contribution in [0.15, 0.2) is 90.0 Å². The first-order chi connectivity index (χ1) is 16.5. The first-order valence-corrected chi connectivity index (χ1v) is 12.2. The molecule has 0 spiro atoms. The van der Waals surface area contributed by atoms with Gasteiger partial charge in [-0.1, -0.05) is 71.8 Å². The van der Waals surface area contributed by atoms with Crippen molar-refractivity contribution < 1.29 is 9.84 Å². The molecule has 6 heteroatoms. The minimum atomic E-state index is -0.739. The average molecular weight is 487 g/mol. The molecular weight excluding hydrogens is 464 g/mol. The summed E-state index contributed by atoms with van der Waals surface area (Å²) in [6.45, 7) is 2.17. The Morgan fingerprint density at radius 2 is 1.71 bits per heavy atom. The van der Waals surface area contributed by atoms with Crippen LogP contribution in [0.4, 0.5) is 0 Å². The minimum absolute atomic E-state index is 0.125. The van der Waals surface area contributed by atoms with E-state index >= 15 is 0 Å². The number of ether oxygens (including phenoxy) is 1. The summed E-state index contributed by atoms with van der Waals surface area (Å²) < 4.78 is 5.66. The van der Waals surface area contributed by atoms with E-state index in [4.69, 9.17) is 21.3 Å². The lowest BCUT2D eigenvalue weighted by atomic mass is 9.99. The molecule has 3 aromatic carbocycles. The Hall–Kier alpha value is -3.30. The van der Waals surface area contributed by atoms with E-state index in [1.54, 1.807) is 24.3 Å². The molecule has 170 valence electrons. The molecule has 0 aliphatic heterocycles. The maximum atomic E-state index is 10.5. The second-order valence-electron chi connectivity index (χ2n) is 7.81. The third-order valence-corrected chi connectivity index (χ3v) is 6.57. The molecule has 0 radical (unpaired) electrons. The van der Waals surface area contributed by atoms with Gasteiger partial charge in [-0.05, 0) is 42.8 Å². The van der Waals surface area contributed by atoms with E-state index in [1.165, 1.54) is 17.3 Å². The van der Waals surface area contributed by atoms with Crippen molar-refractivity contribution in [3.63, 3.8) is 0 Å². The molecule has 1 atom stereocenters. The van der Waals surface area contributed by atoms with Gasteiger partial charge < -0.3 is 9.84 Å². The molecule has 0 aliphatic rings. The third kappa shape index (κ3) is 5.98. The number of hydrogen-bond donors (Lipinski definition) is 1. The van der Waals surface area contributed by atoms with Crippen molar-refractivity contribution in [3.05, 3.63) is 101 Å². The minimum Gasteiger partial charge on any atom is -0.491 e. The maximum absolute atomic E-state index is 10.5. The number of nitrogens with zero attached hydrogens (tertiary/aromatic N) is 2. The molecule has 0 bridgehead atoms. The fourth-order valence-corrected chi connectivity index (χ4v) is 4.43. The standard InChI is InChI=1S/C28H23ClN2O2S/c1-19-7-9-21(10-8-19)27-15-25(20-5-3-2-4-6-20)26(16-30)28(31-27)34-18-23(32)17-33-24-13-11-22(29)12-14-24/h2-15,23,32H,17-18H2,1H3. The summed E-state index contributed by atoms with van der Waals surface area (Å²) in [5.41, 5.74) is 5.19. The van der Waals surface area contributed by atoms with Crippen LogP contribution in [0.25, 0.3) is 22.4 Å². The fourth-order valence-electron chi connectivity index (χ4n) is 3.40. The monoisotopic (exact) mass is 486 g/mol. The quantitative estimate of drug-likeness (QED) is 0.278. The van der Waals surface area contributed by atoms with Gasteiger partial charge in [0, 0.05) is 21.9 Å². The Balaban J connectivity index is 1.59. The lowest BCUT2D eigenvalue weighted by molar-refractivity contribution is 0.126. The van der Waals surface area contributed by atoms with Crippen LogP contribution in [0.5, 0.6) is 5.75 Å². The van der Waals surface area contributed by atoms with Gasteiger partial charge in [-0.15, -0.1) is 11.8 Å². The zero-order valence-electron chi connectivity index (χ0n) is 18.6. The van der Waals surface area contributed by atoms with E-state index in [1.807, 2.05) is 67.6 Å². The molecule has 1 heterocycles. The summed E-state index contributed by atoms with van der Waals surface area (Å²) in [4.78, 5) is 4.80. The molecule has 4 aromatic rings. The number of benzene rings is 3. The Bertz CT molecular complexity index is 1290. The highest BCUT2D eigenvalue weighted by atomic mass is 35.5. The maximum Gasteiger partial charge on any atom is 0.119 e. The van der Waals surface area contributed by atoms with Gasteiger partial charge in [0.25, 0.3) is 0 Å². The molecule has 1 aromatic heterocycles. The van der Waals surface area contributed by atoms with Crippen LogP contribution in [-0.4, -0.2) is 28.6 Å². The number of thioether (sulfide) groups is 1. The van der Waals surface area contributed by atoms with Crippen LogP contribution in [0.2, 0.25) is 5.02 Å². The lowest BCUT2D eigenvalue weighted by Crippen LogP contribution is -2.20. The molecule has 0 aliphatic carbocycles. The highest BCUT2D eigenvalue weighted by molar-refractivity contribution is 7.99. The predicted molar refractivity (Wildman–Crippen MR) is 138 cm³/mol. The first kappa shape index (κ1) is 23.8. The van der Waals surface area contributed by atoms with Crippen LogP contribution in [0, 0.1) is 18.3 Å². The second-order valence-corrected chi connectivity index (χ2v) is 9.25. The lowest BCUT2D eigenvalue weighted by Gasteiger charge is -2.15. The largest absolute Gasteiger partial charge is 0.491 e. The van der Waals surface area contributed by atoms with Gasteiger partial charge in [0.1, 0.15) is 23.5 Å². The van der Waals surface area contributed by atoms with Gasteiger partial charge >= 0.3 is 0 Å². The molecule has 1 unspecified atom stereocenters. The van der Waals surface area contributed by atoms with E-state index in [-0.39, 0.29) is 6.61 Å². The van der Waals surface area contributed by atoms with Crippen molar-refractivity contribution >= 4 is 23.4 Å². The number of aryl methyl sites for hydroxylation is 1. The molecule has 4 nitrogen and oxygen atoms in total. The van der Waals surface area contributed by atoms with Crippen LogP contribution in [0.1, 0.15) is 11.1 Å². The number of rotatable bonds is 8. The summed E-state index contributed by atoms with van der Waals surface area (Å²) in [7, 11) is 0. The molecule has 0 fully saturated rings. The van der Waals surface area contributed by atoms with Crippen molar-refractivity contribution in [1.29, 1.82) is 5.26 Å². The van der Waals surface area contributed by atoms with E-state index in [0.29, 0.717) is 27.1 Å².